The van der Waals surface area contributed by atoms with Crippen LogP contribution in [0.3, 0.4) is 0 Å². The number of thiazole rings is 1. The molecule has 2 aromatic rings. The number of morpholine rings is 1. The van der Waals surface area contributed by atoms with Gasteiger partial charge in [-0.2, -0.15) is 18.2 Å². The van der Waals surface area contributed by atoms with Crippen LogP contribution < -0.4 is 10.1 Å². The van der Waals surface area contributed by atoms with Crippen molar-refractivity contribution in [3.63, 3.8) is 0 Å². The highest BCUT2D eigenvalue weighted by atomic mass is 32.1. The molecule has 184 valence electrons. The van der Waals surface area contributed by atoms with Gasteiger partial charge in [-0.15, -0.1) is 0 Å². The predicted molar refractivity (Wildman–Crippen MR) is 121 cm³/mol. The fourth-order valence-corrected chi connectivity index (χ4v) is 4.82. The van der Waals surface area contributed by atoms with Gasteiger partial charge < -0.3 is 14.6 Å². The number of benzene rings is 1. The maximum absolute atomic E-state index is 13.0. The lowest BCUT2D eigenvalue weighted by atomic mass is 10.1. The van der Waals surface area contributed by atoms with Crippen LogP contribution in [0.2, 0.25) is 0 Å². The SMILES string of the molecule is Cc1c(C(=O)NCCN2CCOCC2)s/c(=N\C(=O)c2cccc(C(F)(F)F)c2)n1CC1CC1. The summed E-state index contributed by atoms with van der Waals surface area (Å²) < 4.78 is 46.3. The molecule has 0 bridgehead atoms. The molecule has 2 fully saturated rings. The molecule has 1 aromatic heterocycles. The Labute approximate surface area is 199 Å². The molecule has 4 rings (SSSR count). The predicted octanol–water partition coefficient (Wildman–Crippen LogP) is 3.09. The Morgan fingerprint density at radius 1 is 1.24 bits per heavy atom. The highest BCUT2D eigenvalue weighted by molar-refractivity contribution is 7.11. The van der Waals surface area contributed by atoms with E-state index in [0.717, 1.165) is 49.4 Å². The molecule has 34 heavy (non-hydrogen) atoms. The lowest BCUT2D eigenvalue weighted by Crippen LogP contribution is -2.41. The molecule has 2 amide bonds. The van der Waals surface area contributed by atoms with Crippen molar-refractivity contribution in [2.24, 2.45) is 10.9 Å². The average Bonchev–Trinajstić information content (AvgIpc) is 3.59. The first-order valence-corrected chi connectivity index (χ1v) is 12.1. The highest BCUT2D eigenvalue weighted by Gasteiger charge is 2.31. The summed E-state index contributed by atoms with van der Waals surface area (Å²) in [5, 5.41) is 2.93. The van der Waals surface area contributed by atoms with Gasteiger partial charge in [0.25, 0.3) is 11.8 Å². The first-order valence-electron chi connectivity index (χ1n) is 11.3. The van der Waals surface area contributed by atoms with Crippen LogP contribution in [0.1, 0.15) is 44.1 Å². The van der Waals surface area contributed by atoms with Gasteiger partial charge in [0.1, 0.15) is 4.88 Å². The van der Waals surface area contributed by atoms with E-state index >= 15 is 0 Å². The van der Waals surface area contributed by atoms with E-state index in [1.807, 2.05) is 11.5 Å². The quantitative estimate of drug-likeness (QED) is 0.639. The smallest absolute Gasteiger partial charge is 0.379 e. The maximum Gasteiger partial charge on any atom is 0.416 e. The van der Waals surface area contributed by atoms with E-state index in [2.05, 4.69) is 15.2 Å². The maximum atomic E-state index is 13.0. The van der Waals surface area contributed by atoms with E-state index in [9.17, 15) is 22.8 Å². The summed E-state index contributed by atoms with van der Waals surface area (Å²) >= 11 is 1.09. The standard InChI is InChI=1S/C23H27F3N4O3S/c1-15-19(21(32)27-7-8-29-9-11-33-12-10-29)34-22(30(15)14-16-5-6-16)28-20(31)17-3-2-4-18(13-17)23(24,25)26/h2-4,13,16H,5-12,14H2,1H3,(H,27,32)/b28-22-. The minimum Gasteiger partial charge on any atom is -0.379 e. The first-order chi connectivity index (χ1) is 16.2. The summed E-state index contributed by atoms with van der Waals surface area (Å²) in [4.78, 5) is 32.7. The van der Waals surface area contributed by atoms with Crippen LogP contribution in [-0.2, 0) is 17.5 Å². The van der Waals surface area contributed by atoms with Gasteiger partial charge in [-0.1, -0.05) is 17.4 Å². The van der Waals surface area contributed by atoms with Gasteiger partial charge in [-0.05, 0) is 43.9 Å². The molecule has 11 heteroatoms. The number of amides is 2. The normalized spacial score (nSPS) is 17.7. The van der Waals surface area contributed by atoms with Crippen molar-refractivity contribution in [1.82, 2.24) is 14.8 Å². The Morgan fingerprint density at radius 3 is 2.65 bits per heavy atom. The van der Waals surface area contributed by atoms with E-state index in [-0.39, 0.29) is 11.5 Å². The molecule has 7 nitrogen and oxygen atoms in total. The zero-order valence-corrected chi connectivity index (χ0v) is 19.7. The molecule has 1 aliphatic heterocycles. The topological polar surface area (TPSA) is 75.9 Å². The number of alkyl halides is 3. The third-order valence-electron chi connectivity index (χ3n) is 5.95. The Kier molecular flexibility index (Phi) is 7.54. The summed E-state index contributed by atoms with van der Waals surface area (Å²) in [5.41, 5.74) is -0.339. The molecule has 0 atom stereocenters. The number of hydrogen-bond donors (Lipinski definition) is 1. The number of nitrogens with one attached hydrogen (secondary N) is 1. The van der Waals surface area contributed by atoms with Crippen LogP contribution in [-0.4, -0.2) is 60.7 Å². The Morgan fingerprint density at radius 2 is 1.97 bits per heavy atom. The van der Waals surface area contributed by atoms with Gasteiger partial charge in [0.15, 0.2) is 4.80 Å². The summed E-state index contributed by atoms with van der Waals surface area (Å²) in [6.45, 7) is 6.66. The van der Waals surface area contributed by atoms with Crippen molar-refractivity contribution in [3.8, 4) is 0 Å². The molecular formula is C23H27F3N4O3S. The van der Waals surface area contributed by atoms with Crippen LogP contribution in [0.5, 0.6) is 0 Å². The van der Waals surface area contributed by atoms with Gasteiger partial charge in [-0.25, -0.2) is 0 Å². The average molecular weight is 497 g/mol. The largest absolute Gasteiger partial charge is 0.416 e. The third-order valence-corrected chi connectivity index (χ3v) is 7.13. The molecular weight excluding hydrogens is 469 g/mol. The van der Waals surface area contributed by atoms with Crippen molar-refractivity contribution in [1.29, 1.82) is 0 Å². The minimum atomic E-state index is -4.55. The second-order valence-electron chi connectivity index (χ2n) is 8.56. The van der Waals surface area contributed by atoms with E-state index in [1.54, 1.807) is 0 Å². The number of halogens is 3. The number of aromatic nitrogens is 1. The Hall–Kier alpha value is -2.50. The van der Waals surface area contributed by atoms with Gasteiger partial charge in [0.2, 0.25) is 0 Å². The molecule has 0 radical (unpaired) electrons. The van der Waals surface area contributed by atoms with Gasteiger partial charge in [-0.3, -0.25) is 14.5 Å². The fourth-order valence-electron chi connectivity index (χ4n) is 3.77. The molecule has 1 aliphatic carbocycles. The second-order valence-corrected chi connectivity index (χ2v) is 9.54. The number of ether oxygens (including phenoxy) is 1. The van der Waals surface area contributed by atoms with Crippen molar-refractivity contribution in [3.05, 3.63) is 50.8 Å². The van der Waals surface area contributed by atoms with Crippen LogP contribution in [0.4, 0.5) is 13.2 Å². The second kappa shape index (κ2) is 10.4. The number of carbonyl (C=O) groups is 2. The molecule has 0 spiro atoms. The van der Waals surface area contributed by atoms with Crippen molar-refractivity contribution in [2.45, 2.75) is 32.5 Å². The molecule has 1 saturated carbocycles. The molecule has 1 saturated heterocycles. The van der Waals surface area contributed by atoms with Crippen LogP contribution >= 0.6 is 11.3 Å². The number of nitrogens with zero attached hydrogens (tertiary/aromatic N) is 3. The van der Waals surface area contributed by atoms with Gasteiger partial charge in [0.05, 0.1) is 18.8 Å². The minimum absolute atomic E-state index is 0.143. The van der Waals surface area contributed by atoms with Crippen LogP contribution in [0.15, 0.2) is 29.3 Å². The number of hydrogen-bond acceptors (Lipinski definition) is 5. The lowest BCUT2D eigenvalue weighted by Gasteiger charge is -2.26. The number of rotatable bonds is 7. The first kappa shape index (κ1) is 24.6. The summed E-state index contributed by atoms with van der Waals surface area (Å²) in [7, 11) is 0. The molecule has 0 unspecified atom stereocenters. The monoisotopic (exact) mass is 496 g/mol. The third kappa shape index (κ3) is 6.13. The number of carbonyl (C=O) groups excluding carboxylic acids is 2. The Bertz CT molecular complexity index is 1120. The van der Waals surface area contributed by atoms with E-state index in [0.29, 0.717) is 54.1 Å². The van der Waals surface area contributed by atoms with E-state index in [4.69, 9.17) is 4.74 Å². The molecule has 2 aliphatic rings. The molecule has 2 heterocycles. The van der Waals surface area contributed by atoms with Gasteiger partial charge in [0, 0.05) is 44.0 Å². The Balaban J connectivity index is 1.54. The van der Waals surface area contributed by atoms with Gasteiger partial charge >= 0.3 is 6.18 Å². The fraction of sp³-hybridized carbons (Fsp3) is 0.522. The van der Waals surface area contributed by atoms with Crippen LogP contribution in [0, 0.1) is 12.8 Å². The van der Waals surface area contributed by atoms with Crippen molar-refractivity contribution >= 4 is 23.2 Å². The zero-order chi connectivity index (χ0) is 24.3. The summed E-state index contributed by atoms with van der Waals surface area (Å²) in [6, 6.07) is 4.22. The zero-order valence-electron chi connectivity index (χ0n) is 18.9. The van der Waals surface area contributed by atoms with E-state index < -0.39 is 17.6 Å². The van der Waals surface area contributed by atoms with Crippen molar-refractivity contribution < 1.29 is 27.5 Å². The summed E-state index contributed by atoms with van der Waals surface area (Å²) in [5.74, 6) is -0.558. The van der Waals surface area contributed by atoms with Crippen LogP contribution in [0.25, 0.3) is 0 Å². The summed E-state index contributed by atoms with van der Waals surface area (Å²) in [6.07, 6.45) is -2.43. The molecule has 1 N–H and O–H groups in total. The lowest BCUT2D eigenvalue weighted by molar-refractivity contribution is -0.137. The highest BCUT2D eigenvalue weighted by Crippen LogP contribution is 2.31. The van der Waals surface area contributed by atoms with E-state index in [1.165, 1.54) is 12.1 Å². The van der Waals surface area contributed by atoms with Crippen molar-refractivity contribution in [2.75, 3.05) is 39.4 Å². The molecule has 1 aromatic carbocycles.